The number of amidine groups is 1. The van der Waals surface area contributed by atoms with Gasteiger partial charge in [-0.05, 0) is 30.2 Å². The maximum Gasteiger partial charge on any atom is 0.157 e. The number of thiophene rings is 1. The average molecular weight is 282 g/mol. The van der Waals surface area contributed by atoms with Gasteiger partial charge in [-0.1, -0.05) is 38.6 Å². The van der Waals surface area contributed by atoms with E-state index in [1.807, 2.05) is 23.1 Å². The molecule has 3 unspecified atom stereocenters. The molecule has 0 aliphatic carbocycles. The molecule has 4 heteroatoms. The van der Waals surface area contributed by atoms with Crippen LogP contribution in [0.2, 0.25) is 0 Å². The summed E-state index contributed by atoms with van der Waals surface area (Å²) in [6.45, 7) is 9.01. The van der Waals surface area contributed by atoms with Crippen LogP contribution in [0.3, 0.4) is 0 Å². The van der Waals surface area contributed by atoms with Crippen LogP contribution in [0.15, 0.2) is 22.5 Å². The van der Waals surface area contributed by atoms with E-state index >= 15 is 0 Å². The molecule has 18 heavy (non-hydrogen) atoms. The quantitative estimate of drug-likeness (QED) is 0.900. The van der Waals surface area contributed by atoms with E-state index in [2.05, 4.69) is 50.5 Å². The Bertz CT molecular complexity index is 398. The molecule has 0 saturated carbocycles. The molecular weight excluding hydrogens is 260 g/mol. The Labute approximate surface area is 118 Å². The van der Waals surface area contributed by atoms with E-state index in [0.29, 0.717) is 23.9 Å². The molecule has 1 aromatic rings. The first kappa shape index (κ1) is 13.9. The van der Waals surface area contributed by atoms with Crippen molar-refractivity contribution in [1.82, 2.24) is 5.32 Å². The predicted octanol–water partition coefficient (Wildman–Crippen LogP) is 4.16. The second-order valence-corrected chi connectivity index (χ2v) is 7.33. The number of nitrogens with zero attached hydrogens (tertiary/aromatic N) is 1. The molecule has 0 fully saturated rings. The smallest absolute Gasteiger partial charge is 0.157 e. The maximum absolute atomic E-state index is 4.77. The third kappa shape index (κ3) is 3.29. The molecule has 100 valence electrons. The highest BCUT2D eigenvalue weighted by Crippen LogP contribution is 2.29. The lowest BCUT2D eigenvalue weighted by molar-refractivity contribution is 0.474. The van der Waals surface area contributed by atoms with Gasteiger partial charge in [-0.2, -0.15) is 0 Å². The molecule has 0 saturated heterocycles. The Hall–Kier alpha value is -0.480. The molecule has 0 bridgehead atoms. The van der Waals surface area contributed by atoms with E-state index in [1.165, 1.54) is 10.6 Å². The number of nitrogens with one attached hydrogen (secondary N) is 1. The van der Waals surface area contributed by atoms with E-state index in [1.54, 1.807) is 0 Å². The fourth-order valence-electron chi connectivity index (χ4n) is 1.95. The number of hydrogen-bond donors (Lipinski definition) is 1. The van der Waals surface area contributed by atoms with Gasteiger partial charge in [0.2, 0.25) is 0 Å². The first-order valence-electron chi connectivity index (χ1n) is 6.58. The van der Waals surface area contributed by atoms with Gasteiger partial charge in [-0.15, -0.1) is 11.3 Å². The third-order valence-corrected chi connectivity index (χ3v) is 5.57. The summed E-state index contributed by atoms with van der Waals surface area (Å²) in [7, 11) is 0. The van der Waals surface area contributed by atoms with Crippen molar-refractivity contribution >= 4 is 28.3 Å². The summed E-state index contributed by atoms with van der Waals surface area (Å²) < 4.78 is 0. The van der Waals surface area contributed by atoms with E-state index in [9.17, 15) is 0 Å². The van der Waals surface area contributed by atoms with Gasteiger partial charge < -0.3 is 5.32 Å². The van der Waals surface area contributed by atoms with Crippen molar-refractivity contribution < 1.29 is 0 Å². The van der Waals surface area contributed by atoms with Gasteiger partial charge >= 0.3 is 0 Å². The Kier molecular flexibility index (Phi) is 4.73. The maximum atomic E-state index is 4.77. The van der Waals surface area contributed by atoms with Gasteiger partial charge in [-0.25, -0.2) is 0 Å². The molecule has 1 aromatic heterocycles. The first-order chi connectivity index (χ1) is 8.58. The minimum Gasteiger partial charge on any atom is -0.357 e. The van der Waals surface area contributed by atoms with Gasteiger partial charge in [-0.3, -0.25) is 4.99 Å². The molecule has 0 spiro atoms. The van der Waals surface area contributed by atoms with Crippen molar-refractivity contribution in [3.05, 3.63) is 22.4 Å². The van der Waals surface area contributed by atoms with Crippen LogP contribution >= 0.6 is 23.1 Å². The van der Waals surface area contributed by atoms with E-state index in [-0.39, 0.29) is 0 Å². The first-order valence-corrected chi connectivity index (χ1v) is 8.45. The fourth-order valence-corrected chi connectivity index (χ4v) is 4.05. The zero-order valence-electron chi connectivity index (χ0n) is 11.5. The summed E-state index contributed by atoms with van der Waals surface area (Å²) in [4.78, 5) is 6.17. The van der Waals surface area contributed by atoms with Crippen LogP contribution in [-0.2, 0) is 0 Å². The number of rotatable bonds is 3. The van der Waals surface area contributed by atoms with E-state index < -0.39 is 0 Å². The van der Waals surface area contributed by atoms with E-state index in [0.717, 1.165) is 5.17 Å². The van der Waals surface area contributed by atoms with Crippen molar-refractivity contribution in [1.29, 1.82) is 0 Å². The Balaban J connectivity index is 2.09. The van der Waals surface area contributed by atoms with Crippen LogP contribution in [0, 0.1) is 11.8 Å². The predicted molar refractivity (Wildman–Crippen MR) is 83.6 cm³/mol. The topological polar surface area (TPSA) is 24.4 Å². The van der Waals surface area contributed by atoms with Gasteiger partial charge in [0.25, 0.3) is 0 Å². The summed E-state index contributed by atoms with van der Waals surface area (Å²) in [6.07, 6.45) is 0. The summed E-state index contributed by atoms with van der Waals surface area (Å²) in [6, 6.07) is 5.15. The molecule has 3 atom stereocenters. The Morgan fingerprint density at radius 1 is 1.39 bits per heavy atom. The molecule has 0 aromatic carbocycles. The fraction of sp³-hybridized carbons (Fsp3) is 0.643. The van der Waals surface area contributed by atoms with Gasteiger partial charge in [0.1, 0.15) is 0 Å². The molecule has 1 aliphatic rings. The van der Waals surface area contributed by atoms with Crippen LogP contribution in [0.5, 0.6) is 0 Å². The van der Waals surface area contributed by atoms with Crippen LogP contribution in [0.1, 0.15) is 38.6 Å². The molecule has 0 radical (unpaired) electrons. The van der Waals surface area contributed by atoms with Crippen molar-refractivity contribution in [2.24, 2.45) is 16.8 Å². The monoisotopic (exact) mass is 282 g/mol. The molecule has 2 heterocycles. The summed E-state index contributed by atoms with van der Waals surface area (Å²) in [5, 5.41) is 6.90. The highest BCUT2D eigenvalue weighted by Gasteiger charge is 2.23. The van der Waals surface area contributed by atoms with Crippen molar-refractivity contribution in [2.45, 2.75) is 39.8 Å². The lowest BCUT2D eigenvalue weighted by atomic mass is 10.0. The number of thioether (sulfide) groups is 1. The van der Waals surface area contributed by atoms with Crippen LogP contribution < -0.4 is 5.32 Å². The van der Waals surface area contributed by atoms with Crippen molar-refractivity contribution in [3.8, 4) is 0 Å². The summed E-state index contributed by atoms with van der Waals surface area (Å²) in [5.74, 6) is 2.42. The second-order valence-electron chi connectivity index (χ2n) is 5.34. The molecule has 1 N–H and O–H groups in total. The molecule has 2 nitrogen and oxygen atoms in total. The summed E-state index contributed by atoms with van der Waals surface area (Å²) in [5.41, 5.74) is 0. The van der Waals surface area contributed by atoms with E-state index in [4.69, 9.17) is 4.99 Å². The van der Waals surface area contributed by atoms with Gasteiger partial charge in [0.15, 0.2) is 5.17 Å². The molecule has 0 amide bonds. The standard InChI is InChI=1S/C14H22N2S2/c1-9(2)13(12-6-5-7-17-12)16-14-15-11(4)10(3)8-18-14/h5-7,9-11,13H,8H2,1-4H3,(H,15,16). The summed E-state index contributed by atoms with van der Waals surface area (Å²) >= 11 is 3.68. The molecule has 1 aliphatic heterocycles. The normalized spacial score (nSPS) is 25.9. The zero-order chi connectivity index (χ0) is 13.1. The number of hydrogen-bond acceptors (Lipinski definition) is 4. The van der Waals surface area contributed by atoms with Crippen LogP contribution in [-0.4, -0.2) is 17.0 Å². The highest BCUT2D eigenvalue weighted by molar-refractivity contribution is 8.13. The van der Waals surface area contributed by atoms with Crippen LogP contribution in [0.25, 0.3) is 0 Å². The van der Waals surface area contributed by atoms with Gasteiger partial charge in [0, 0.05) is 10.6 Å². The third-order valence-electron chi connectivity index (χ3n) is 3.42. The Morgan fingerprint density at radius 3 is 2.72 bits per heavy atom. The van der Waals surface area contributed by atoms with Crippen molar-refractivity contribution in [2.75, 3.05) is 5.75 Å². The number of aliphatic imine (C=N–C) groups is 1. The highest BCUT2D eigenvalue weighted by atomic mass is 32.2. The average Bonchev–Trinajstić information content (AvgIpc) is 2.83. The minimum atomic E-state index is 0.386. The largest absolute Gasteiger partial charge is 0.357 e. The Morgan fingerprint density at radius 2 is 2.17 bits per heavy atom. The lowest BCUT2D eigenvalue weighted by Gasteiger charge is -2.28. The lowest BCUT2D eigenvalue weighted by Crippen LogP contribution is -2.34. The molecular formula is C14H22N2S2. The second kappa shape index (κ2) is 6.11. The zero-order valence-corrected chi connectivity index (χ0v) is 13.1. The SMILES string of the molecule is CC(C)C(NC1=NC(C)C(C)CS1)c1cccs1. The minimum absolute atomic E-state index is 0.386. The van der Waals surface area contributed by atoms with Gasteiger partial charge in [0.05, 0.1) is 12.1 Å². The molecule has 2 rings (SSSR count). The van der Waals surface area contributed by atoms with Crippen LogP contribution in [0.4, 0.5) is 0 Å². The van der Waals surface area contributed by atoms with Crippen molar-refractivity contribution in [3.63, 3.8) is 0 Å².